The van der Waals surface area contributed by atoms with E-state index in [0.29, 0.717) is 12.5 Å². The SMILES string of the molecule is CCN[C@H](C)CNC(=O)C(NC(C)=O)C1CCCC1. The van der Waals surface area contributed by atoms with Gasteiger partial charge in [-0.05, 0) is 32.2 Å². The molecule has 0 saturated heterocycles. The summed E-state index contributed by atoms with van der Waals surface area (Å²) in [6.45, 7) is 7.02. The van der Waals surface area contributed by atoms with E-state index in [1.807, 2.05) is 13.8 Å². The van der Waals surface area contributed by atoms with Crippen molar-refractivity contribution in [2.45, 2.75) is 58.5 Å². The molecule has 0 heterocycles. The molecular formula is C14H27N3O2. The number of hydrogen-bond donors (Lipinski definition) is 3. The summed E-state index contributed by atoms with van der Waals surface area (Å²) in [5, 5.41) is 8.99. The van der Waals surface area contributed by atoms with Gasteiger partial charge in [0, 0.05) is 19.5 Å². The van der Waals surface area contributed by atoms with Gasteiger partial charge in [-0.15, -0.1) is 0 Å². The fraction of sp³-hybridized carbons (Fsp3) is 0.857. The lowest BCUT2D eigenvalue weighted by Gasteiger charge is -2.24. The normalized spacial score (nSPS) is 18.9. The average Bonchev–Trinajstić information content (AvgIpc) is 2.86. The van der Waals surface area contributed by atoms with Crippen LogP contribution in [0.2, 0.25) is 0 Å². The molecule has 5 heteroatoms. The second-order valence-corrected chi connectivity index (χ2v) is 5.43. The summed E-state index contributed by atoms with van der Waals surface area (Å²) in [5.74, 6) is 0.108. The van der Waals surface area contributed by atoms with Gasteiger partial charge in [0.15, 0.2) is 0 Å². The predicted molar refractivity (Wildman–Crippen MR) is 75.7 cm³/mol. The van der Waals surface area contributed by atoms with Crippen LogP contribution in [0, 0.1) is 5.92 Å². The predicted octanol–water partition coefficient (Wildman–Crippen LogP) is 0.795. The minimum Gasteiger partial charge on any atom is -0.353 e. The smallest absolute Gasteiger partial charge is 0.242 e. The first-order chi connectivity index (χ1) is 9.04. The molecule has 0 aromatic heterocycles. The van der Waals surface area contributed by atoms with E-state index in [1.165, 1.54) is 6.92 Å². The second-order valence-electron chi connectivity index (χ2n) is 5.43. The van der Waals surface area contributed by atoms with Crippen molar-refractivity contribution in [2.24, 2.45) is 5.92 Å². The molecular weight excluding hydrogens is 242 g/mol. The highest BCUT2D eigenvalue weighted by Crippen LogP contribution is 2.27. The molecule has 0 aliphatic heterocycles. The Hall–Kier alpha value is -1.10. The van der Waals surface area contributed by atoms with Crippen molar-refractivity contribution in [2.75, 3.05) is 13.1 Å². The van der Waals surface area contributed by atoms with Gasteiger partial charge in [0.25, 0.3) is 0 Å². The van der Waals surface area contributed by atoms with Gasteiger partial charge in [-0.2, -0.15) is 0 Å². The Balaban J connectivity index is 2.48. The number of carbonyl (C=O) groups excluding carboxylic acids is 2. The van der Waals surface area contributed by atoms with Crippen LogP contribution in [-0.2, 0) is 9.59 Å². The van der Waals surface area contributed by atoms with Crippen LogP contribution in [0.25, 0.3) is 0 Å². The van der Waals surface area contributed by atoms with E-state index in [4.69, 9.17) is 0 Å². The van der Waals surface area contributed by atoms with Crippen LogP contribution in [0.4, 0.5) is 0 Å². The molecule has 1 aliphatic carbocycles. The largest absolute Gasteiger partial charge is 0.353 e. The average molecular weight is 269 g/mol. The summed E-state index contributed by atoms with van der Waals surface area (Å²) in [5.41, 5.74) is 0. The van der Waals surface area contributed by atoms with Crippen LogP contribution >= 0.6 is 0 Å². The summed E-state index contributed by atoms with van der Waals surface area (Å²) in [6.07, 6.45) is 4.37. The Labute approximate surface area is 115 Å². The van der Waals surface area contributed by atoms with E-state index in [9.17, 15) is 9.59 Å². The Morgan fingerprint density at radius 1 is 1.26 bits per heavy atom. The molecule has 1 aliphatic rings. The standard InChI is InChI=1S/C14H27N3O2/c1-4-15-10(2)9-16-14(19)13(17-11(3)18)12-7-5-6-8-12/h10,12-13,15H,4-9H2,1-3H3,(H,16,19)(H,17,18)/t10-,13?/m1/s1. The molecule has 0 aromatic carbocycles. The molecule has 110 valence electrons. The van der Waals surface area contributed by atoms with E-state index >= 15 is 0 Å². The third-order valence-corrected chi connectivity index (χ3v) is 3.65. The molecule has 2 atom stereocenters. The number of hydrogen-bond acceptors (Lipinski definition) is 3. The lowest BCUT2D eigenvalue weighted by molar-refractivity contribution is -0.129. The zero-order chi connectivity index (χ0) is 14.3. The monoisotopic (exact) mass is 269 g/mol. The highest BCUT2D eigenvalue weighted by Gasteiger charge is 2.31. The summed E-state index contributed by atoms with van der Waals surface area (Å²) < 4.78 is 0. The van der Waals surface area contributed by atoms with Gasteiger partial charge in [0.1, 0.15) is 6.04 Å². The van der Waals surface area contributed by atoms with E-state index in [-0.39, 0.29) is 23.9 Å². The van der Waals surface area contributed by atoms with Crippen LogP contribution < -0.4 is 16.0 Å². The van der Waals surface area contributed by atoms with Gasteiger partial charge in [0.2, 0.25) is 11.8 Å². The van der Waals surface area contributed by atoms with Gasteiger partial charge in [0.05, 0.1) is 0 Å². The number of carbonyl (C=O) groups is 2. The fourth-order valence-corrected chi connectivity index (χ4v) is 2.69. The van der Waals surface area contributed by atoms with Gasteiger partial charge < -0.3 is 16.0 Å². The van der Waals surface area contributed by atoms with Crippen molar-refractivity contribution < 1.29 is 9.59 Å². The summed E-state index contributed by atoms with van der Waals surface area (Å²) in [4.78, 5) is 23.5. The quantitative estimate of drug-likeness (QED) is 0.640. The maximum absolute atomic E-state index is 12.2. The summed E-state index contributed by atoms with van der Waals surface area (Å²) >= 11 is 0. The van der Waals surface area contributed by atoms with Crippen LogP contribution in [-0.4, -0.2) is 37.0 Å². The third kappa shape index (κ3) is 5.59. The van der Waals surface area contributed by atoms with E-state index in [0.717, 1.165) is 32.2 Å². The number of rotatable bonds is 7. The molecule has 0 spiro atoms. The van der Waals surface area contributed by atoms with Gasteiger partial charge in [-0.25, -0.2) is 0 Å². The van der Waals surface area contributed by atoms with Crippen molar-refractivity contribution >= 4 is 11.8 Å². The molecule has 1 rings (SSSR count). The maximum Gasteiger partial charge on any atom is 0.242 e. The minimum atomic E-state index is -0.367. The Morgan fingerprint density at radius 2 is 1.89 bits per heavy atom. The molecule has 0 radical (unpaired) electrons. The Kier molecular flexibility index (Phi) is 6.84. The lowest BCUT2D eigenvalue weighted by atomic mass is 9.97. The van der Waals surface area contributed by atoms with Crippen LogP contribution in [0.15, 0.2) is 0 Å². The number of likely N-dealkylation sites (N-methyl/N-ethyl adjacent to an activating group) is 1. The molecule has 1 saturated carbocycles. The lowest BCUT2D eigenvalue weighted by Crippen LogP contribution is -2.52. The first-order valence-electron chi connectivity index (χ1n) is 7.32. The van der Waals surface area contributed by atoms with E-state index in [2.05, 4.69) is 16.0 Å². The van der Waals surface area contributed by atoms with Gasteiger partial charge in [-0.3, -0.25) is 9.59 Å². The minimum absolute atomic E-state index is 0.0492. The van der Waals surface area contributed by atoms with Crippen LogP contribution in [0.1, 0.15) is 46.5 Å². The molecule has 2 amide bonds. The molecule has 0 bridgehead atoms. The van der Waals surface area contributed by atoms with Crippen molar-refractivity contribution in [3.63, 3.8) is 0 Å². The summed E-state index contributed by atoms with van der Waals surface area (Å²) in [6, 6.07) is -0.121. The molecule has 19 heavy (non-hydrogen) atoms. The Bertz CT molecular complexity index is 301. The van der Waals surface area contributed by atoms with E-state index in [1.54, 1.807) is 0 Å². The van der Waals surface area contributed by atoms with Gasteiger partial charge in [-0.1, -0.05) is 19.8 Å². The molecule has 0 aromatic rings. The first kappa shape index (κ1) is 16.0. The van der Waals surface area contributed by atoms with Crippen LogP contribution in [0.5, 0.6) is 0 Å². The molecule has 5 nitrogen and oxygen atoms in total. The van der Waals surface area contributed by atoms with Gasteiger partial charge >= 0.3 is 0 Å². The number of amides is 2. The van der Waals surface area contributed by atoms with Crippen molar-refractivity contribution in [3.8, 4) is 0 Å². The fourth-order valence-electron chi connectivity index (χ4n) is 2.69. The first-order valence-corrected chi connectivity index (χ1v) is 7.32. The maximum atomic E-state index is 12.2. The zero-order valence-electron chi connectivity index (χ0n) is 12.3. The number of nitrogens with one attached hydrogen (secondary N) is 3. The van der Waals surface area contributed by atoms with Crippen molar-refractivity contribution in [3.05, 3.63) is 0 Å². The highest BCUT2D eigenvalue weighted by molar-refractivity contribution is 5.87. The second kappa shape index (κ2) is 8.15. The summed E-state index contributed by atoms with van der Waals surface area (Å²) in [7, 11) is 0. The van der Waals surface area contributed by atoms with Crippen LogP contribution in [0.3, 0.4) is 0 Å². The van der Waals surface area contributed by atoms with E-state index < -0.39 is 0 Å². The topological polar surface area (TPSA) is 70.2 Å². The van der Waals surface area contributed by atoms with Crippen molar-refractivity contribution in [1.29, 1.82) is 0 Å². The molecule has 1 unspecified atom stereocenters. The Morgan fingerprint density at radius 3 is 2.42 bits per heavy atom. The molecule has 1 fully saturated rings. The highest BCUT2D eigenvalue weighted by atomic mass is 16.2. The van der Waals surface area contributed by atoms with Crippen molar-refractivity contribution in [1.82, 2.24) is 16.0 Å². The zero-order valence-corrected chi connectivity index (χ0v) is 12.3. The third-order valence-electron chi connectivity index (χ3n) is 3.65. The molecule has 3 N–H and O–H groups in total.